The molecular formula is C19H14F3N3O2S. The van der Waals surface area contributed by atoms with Gasteiger partial charge >= 0.3 is 6.18 Å². The molecule has 0 fully saturated rings. The second-order valence-corrected chi connectivity index (χ2v) is 6.69. The number of aromatic nitrogens is 1. The Labute approximate surface area is 162 Å². The van der Waals surface area contributed by atoms with Crippen LogP contribution in [-0.2, 0) is 11.0 Å². The summed E-state index contributed by atoms with van der Waals surface area (Å²) in [6.45, 7) is 1.41. The van der Waals surface area contributed by atoms with Gasteiger partial charge in [-0.15, -0.1) is 11.3 Å². The third kappa shape index (κ3) is 4.74. The van der Waals surface area contributed by atoms with Crippen molar-refractivity contribution in [3.05, 3.63) is 65.0 Å². The lowest BCUT2D eigenvalue weighted by Gasteiger charge is -2.08. The first-order chi connectivity index (χ1) is 13.2. The van der Waals surface area contributed by atoms with E-state index in [1.165, 1.54) is 19.1 Å². The molecule has 28 heavy (non-hydrogen) atoms. The van der Waals surface area contributed by atoms with Gasteiger partial charge in [0.25, 0.3) is 5.91 Å². The summed E-state index contributed by atoms with van der Waals surface area (Å²) in [6.07, 6.45) is -4.52. The molecule has 0 aliphatic carbocycles. The largest absolute Gasteiger partial charge is 0.416 e. The van der Waals surface area contributed by atoms with Crippen LogP contribution in [0.3, 0.4) is 0 Å². The summed E-state index contributed by atoms with van der Waals surface area (Å²) in [6, 6.07) is 11.2. The van der Waals surface area contributed by atoms with Gasteiger partial charge in [0.2, 0.25) is 5.91 Å². The minimum atomic E-state index is -4.52. The molecule has 5 nitrogen and oxygen atoms in total. The number of halogens is 3. The van der Waals surface area contributed by atoms with Gasteiger partial charge in [0.05, 0.1) is 11.3 Å². The molecule has 2 aromatic carbocycles. The summed E-state index contributed by atoms with van der Waals surface area (Å²) in [5, 5.41) is 7.15. The van der Waals surface area contributed by atoms with E-state index < -0.39 is 17.6 Å². The highest BCUT2D eigenvalue weighted by Gasteiger charge is 2.30. The summed E-state index contributed by atoms with van der Waals surface area (Å²) < 4.78 is 38.3. The van der Waals surface area contributed by atoms with Gasteiger partial charge < -0.3 is 5.32 Å². The molecule has 0 saturated heterocycles. The lowest BCUT2D eigenvalue weighted by molar-refractivity contribution is -0.137. The average molecular weight is 405 g/mol. The molecule has 0 radical (unpaired) electrons. The van der Waals surface area contributed by atoms with Crippen LogP contribution in [0.15, 0.2) is 53.9 Å². The van der Waals surface area contributed by atoms with Crippen LogP contribution in [0.5, 0.6) is 0 Å². The van der Waals surface area contributed by atoms with Crippen LogP contribution in [0.25, 0.3) is 11.3 Å². The highest BCUT2D eigenvalue weighted by Crippen LogP contribution is 2.30. The first kappa shape index (κ1) is 19.6. The van der Waals surface area contributed by atoms with Crippen LogP contribution < -0.4 is 10.6 Å². The van der Waals surface area contributed by atoms with Crippen LogP contribution in [0, 0.1) is 0 Å². The van der Waals surface area contributed by atoms with Crippen molar-refractivity contribution in [2.45, 2.75) is 13.1 Å². The van der Waals surface area contributed by atoms with Crippen molar-refractivity contribution in [1.29, 1.82) is 0 Å². The number of amides is 2. The first-order valence-electron chi connectivity index (χ1n) is 8.04. The Balaban J connectivity index is 1.72. The van der Waals surface area contributed by atoms with Crippen LogP contribution >= 0.6 is 11.3 Å². The number of benzene rings is 2. The molecule has 2 amide bonds. The fourth-order valence-corrected chi connectivity index (χ4v) is 3.11. The van der Waals surface area contributed by atoms with Crippen molar-refractivity contribution in [2.24, 2.45) is 0 Å². The maximum atomic E-state index is 12.8. The highest BCUT2D eigenvalue weighted by molar-refractivity contribution is 7.14. The van der Waals surface area contributed by atoms with Crippen molar-refractivity contribution in [2.75, 3.05) is 10.6 Å². The van der Waals surface area contributed by atoms with Crippen LogP contribution in [-0.4, -0.2) is 16.8 Å². The third-order valence-corrected chi connectivity index (χ3v) is 4.44. The summed E-state index contributed by atoms with van der Waals surface area (Å²) in [7, 11) is 0. The van der Waals surface area contributed by atoms with E-state index in [1.54, 1.807) is 29.6 Å². The number of hydrogen-bond donors (Lipinski definition) is 2. The van der Waals surface area contributed by atoms with Crippen molar-refractivity contribution >= 4 is 34.0 Å². The fourth-order valence-electron chi connectivity index (χ4n) is 2.40. The lowest BCUT2D eigenvalue weighted by atomic mass is 10.1. The molecule has 3 rings (SSSR count). The van der Waals surface area contributed by atoms with Crippen molar-refractivity contribution in [3.8, 4) is 11.3 Å². The van der Waals surface area contributed by atoms with E-state index in [-0.39, 0.29) is 16.6 Å². The van der Waals surface area contributed by atoms with E-state index in [0.717, 1.165) is 29.0 Å². The molecule has 1 heterocycles. The minimum Gasteiger partial charge on any atom is -0.326 e. The molecule has 9 heteroatoms. The predicted octanol–water partition coefficient (Wildman–Crippen LogP) is 5.04. The normalized spacial score (nSPS) is 11.1. The topological polar surface area (TPSA) is 71.1 Å². The van der Waals surface area contributed by atoms with E-state index in [1.807, 2.05) is 0 Å². The summed E-state index contributed by atoms with van der Waals surface area (Å²) in [4.78, 5) is 27.6. The van der Waals surface area contributed by atoms with Gasteiger partial charge in [-0.05, 0) is 30.3 Å². The maximum Gasteiger partial charge on any atom is 0.416 e. The Morgan fingerprint density at radius 3 is 2.39 bits per heavy atom. The Bertz CT molecular complexity index is 1010. The van der Waals surface area contributed by atoms with Crippen molar-refractivity contribution in [1.82, 2.24) is 4.98 Å². The first-order valence-corrected chi connectivity index (χ1v) is 8.92. The second kappa shape index (κ2) is 7.81. The quantitative estimate of drug-likeness (QED) is 0.639. The minimum absolute atomic E-state index is 0.105. The summed E-state index contributed by atoms with van der Waals surface area (Å²) >= 11 is 1.16. The van der Waals surface area contributed by atoms with E-state index in [0.29, 0.717) is 11.4 Å². The number of nitrogens with one attached hydrogen (secondary N) is 2. The molecule has 0 bridgehead atoms. The third-order valence-electron chi connectivity index (χ3n) is 3.68. The monoisotopic (exact) mass is 405 g/mol. The second-order valence-electron chi connectivity index (χ2n) is 5.83. The zero-order valence-electron chi connectivity index (χ0n) is 14.5. The standard InChI is InChI=1S/C19H14F3N3O2S/c1-11(26)23-15-7-5-12(6-8-15)16-10-28-18(24-16)25-17(27)13-3-2-4-14(9-13)19(20,21)22/h2-10H,1H3,(H,23,26)(H,24,25,27). The molecule has 0 spiro atoms. The van der Waals surface area contributed by atoms with Crippen LogP contribution in [0.4, 0.5) is 24.0 Å². The SMILES string of the molecule is CC(=O)Nc1ccc(-c2csc(NC(=O)c3cccc(C(F)(F)F)c3)n2)cc1. The van der Waals surface area contributed by atoms with Gasteiger partial charge in [0.15, 0.2) is 5.13 Å². The van der Waals surface area contributed by atoms with Gasteiger partial charge in [-0.2, -0.15) is 13.2 Å². The lowest BCUT2D eigenvalue weighted by Crippen LogP contribution is -2.13. The maximum absolute atomic E-state index is 12.8. The van der Waals surface area contributed by atoms with E-state index in [4.69, 9.17) is 0 Å². The number of nitrogens with zero attached hydrogens (tertiary/aromatic N) is 1. The molecule has 1 aromatic heterocycles. The molecule has 0 aliphatic heterocycles. The van der Waals surface area contributed by atoms with Gasteiger partial charge in [-0.3, -0.25) is 14.9 Å². The van der Waals surface area contributed by atoms with Gasteiger partial charge in [-0.25, -0.2) is 4.98 Å². The zero-order chi connectivity index (χ0) is 20.3. The summed E-state index contributed by atoms with van der Waals surface area (Å²) in [5.41, 5.74) is 1.01. The number of hydrogen-bond acceptors (Lipinski definition) is 4. The fraction of sp³-hybridized carbons (Fsp3) is 0.105. The molecule has 0 saturated carbocycles. The Kier molecular flexibility index (Phi) is 5.46. The smallest absolute Gasteiger partial charge is 0.326 e. The van der Waals surface area contributed by atoms with Crippen LogP contribution in [0.2, 0.25) is 0 Å². The molecule has 144 valence electrons. The van der Waals surface area contributed by atoms with E-state index in [2.05, 4.69) is 15.6 Å². The average Bonchev–Trinajstić information content (AvgIpc) is 3.09. The summed E-state index contributed by atoms with van der Waals surface area (Å²) in [5.74, 6) is -0.853. The Morgan fingerprint density at radius 1 is 1.04 bits per heavy atom. The molecular weight excluding hydrogens is 391 g/mol. The molecule has 0 aliphatic rings. The van der Waals surface area contributed by atoms with Gasteiger partial charge in [0, 0.05) is 29.1 Å². The van der Waals surface area contributed by atoms with Gasteiger partial charge in [-0.1, -0.05) is 18.2 Å². The number of rotatable bonds is 4. The number of alkyl halides is 3. The Morgan fingerprint density at radius 2 is 1.75 bits per heavy atom. The number of carbonyl (C=O) groups is 2. The van der Waals surface area contributed by atoms with Gasteiger partial charge in [0.1, 0.15) is 0 Å². The number of anilines is 2. The number of thiazole rings is 1. The highest BCUT2D eigenvalue weighted by atomic mass is 32.1. The van der Waals surface area contributed by atoms with Crippen molar-refractivity contribution < 1.29 is 22.8 Å². The van der Waals surface area contributed by atoms with Crippen molar-refractivity contribution in [3.63, 3.8) is 0 Å². The predicted molar refractivity (Wildman–Crippen MR) is 101 cm³/mol. The molecule has 2 N–H and O–H groups in total. The Hall–Kier alpha value is -3.20. The zero-order valence-corrected chi connectivity index (χ0v) is 15.3. The number of carbonyl (C=O) groups excluding carboxylic acids is 2. The molecule has 0 atom stereocenters. The molecule has 0 unspecified atom stereocenters. The van der Waals surface area contributed by atoms with E-state index >= 15 is 0 Å². The molecule has 3 aromatic rings. The van der Waals surface area contributed by atoms with E-state index in [9.17, 15) is 22.8 Å². The van der Waals surface area contributed by atoms with Crippen LogP contribution in [0.1, 0.15) is 22.8 Å².